The van der Waals surface area contributed by atoms with E-state index < -0.39 is 0 Å². The van der Waals surface area contributed by atoms with E-state index in [1.165, 1.54) is 44.9 Å². The quantitative estimate of drug-likeness (QED) is 0.623. The smallest absolute Gasteiger partial charge is 0.171 e. The van der Waals surface area contributed by atoms with E-state index >= 15 is 0 Å². The van der Waals surface area contributed by atoms with Crippen LogP contribution < -0.4 is 9.47 Å². The van der Waals surface area contributed by atoms with Gasteiger partial charge in [0, 0.05) is 5.56 Å². The summed E-state index contributed by atoms with van der Waals surface area (Å²) in [6.45, 7) is 2.88. The van der Waals surface area contributed by atoms with Gasteiger partial charge in [-0.15, -0.1) is 0 Å². The predicted molar refractivity (Wildman–Crippen MR) is 90.6 cm³/mol. The van der Waals surface area contributed by atoms with Crippen LogP contribution in [0.4, 0.5) is 4.39 Å². The van der Waals surface area contributed by atoms with Gasteiger partial charge in [0.25, 0.3) is 0 Å². The van der Waals surface area contributed by atoms with Gasteiger partial charge in [-0.05, 0) is 56.6 Å². The summed E-state index contributed by atoms with van der Waals surface area (Å²) in [4.78, 5) is 0. The van der Waals surface area contributed by atoms with Gasteiger partial charge in [-0.2, -0.15) is 0 Å². The molecular weight excluding hydrogens is 291 g/mol. The molecule has 0 amide bonds. The van der Waals surface area contributed by atoms with Crippen LogP contribution in [-0.4, -0.2) is 13.2 Å². The Hall–Kier alpha value is -1.51. The fourth-order valence-electron chi connectivity index (χ4n) is 3.31. The van der Waals surface area contributed by atoms with E-state index in [1.807, 2.05) is 6.07 Å². The van der Waals surface area contributed by atoms with Crippen LogP contribution in [0.2, 0.25) is 0 Å². The highest BCUT2D eigenvalue weighted by Gasteiger charge is 2.19. The van der Waals surface area contributed by atoms with Crippen LogP contribution in [0.5, 0.6) is 11.5 Å². The third kappa shape index (κ3) is 4.27. The molecule has 0 saturated heterocycles. The van der Waals surface area contributed by atoms with Gasteiger partial charge in [-0.1, -0.05) is 31.4 Å². The molecule has 3 rings (SSSR count). The van der Waals surface area contributed by atoms with Crippen molar-refractivity contribution in [3.63, 3.8) is 0 Å². The number of benzene rings is 1. The molecule has 1 aromatic rings. The van der Waals surface area contributed by atoms with Crippen LogP contribution in [0.3, 0.4) is 0 Å². The topological polar surface area (TPSA) is 18.5 Å². The second-order valence-electron chi connectivity index (χ2n) is 6.89. The standard InChI is InChI=1S/C20H27FO2/c1-15-18(22-13-5-10-16-6-2-3-7-16)11-12-19(20(15)21)23-14-17-8-4-9-17/h5,10-12,16-17H,2-4,6-9,13-14H2,1H3/b10-5+. The van der Waals surface area contributed by atoms with E-state index in [4.69, 9.17) is 9.47 Å². The number of halogens is 1. The molecule has 1 aromatic carbocycles. The van der Waals surface area contributed by atoms with Crippen LogP contribution in [0, 0.1) is 24.6 Å². The first kappa shape index (κ1) is 16.4. The summed E-state index contributed by atoms with van der Waals surface area (Å²) < 4.78 is 25.7. The lowest BCUT2D eigenvalue weighted by molar-refractivity contribution is 0.175. The molecule has 2 aliphatic carbocycles. The Kier molecular flexibility index (Phi) is 5.58. The fourth-order valence-corrected chi connectivity index (χ4v) is 3.31. The van der Waals surface area contributed by atoms with Crippen LogP contribution in [0.1, 0.15) is 50.5 Å². The van der Waals surface area contributed by atoms with Gasteiger partial charge in [0.15, 0.2) is 11.6 Å². The second kappa shape index (κ2) is 7.85. The maximum absolute atomic E-state index is 14.4. The Bertz CT molecular complexity index is 543. The van der Waals surface area contributed by atoms with Crippen molar-refractivity contribution in [1.82, 2.24) is 0 Å². The highest BCUT2D eigenvalue weighted by molar-refractivity contribution is 5.41. The third-order valence-corrected chi connectivity index (χ3v) is 5.14. The van der Waals surface area contributed by atoms with Crippen molar-refractivity contribution in [3.8, 4) is 11.5 Å². The van der Waals surface area contributed by atoms with E-state index in [-0.39, 0.29) is 5.82 Å². The van der Waals surface area contributed by atoms with E-state index in [1.54, 1.807) is 13.0 Å². The Labute approximate surface area is 138 Å². The van der Waals surface area contributed by atoms with Crippen LogP contribution in [0.25, 0.3) is 0 Å². The van der Waals surface area contributed by atoms with Crippen molar-refractivity contribution in [1.29, 1.82) is 0 Å². The maximum atomic E-state index is 14.4. The van der Waals surface area contributed by atoms with Crippen molar-refractivity contribution >= 4 is 0 Å². The molecule has 0 radical (unpaired) electrons. The van der Waals surface area contributed by atoms with Crippen molar-refractivity contribution in [2.24, 2.45) is 11.8 Å². The molecule has 0 atom stereocenters. The molecule has 2 aliphatic rings. The number of rotatable bonds is 7. The Morgan fingerprint density at radius 2 is 1.78 bits per heavy atom. The van der Waals surface area contributed by atoms with Gasteiger partial charge in [0.2, 0.25) is 0 Å². The molecule has 0 bridgehead atoms. The molecule has 0 heterocycles. The molecule has 0 unspecified atom stereocenters. The van der Waals surface area contributed by atoms with Crippen molar-refractivity contribution in [2.75, 3.05) is 13.2 Å². The molecule has 23 heavy (non-hydrogen) atoms. The predicted octanol–water partition coefficient (Wildman–Crippen LogP) is 5.44. The van der Waals surface area contributed by atoms with Crippen LogP contribution >= 0.6 is 0 Å². The lowest BCUT2D eigenvalue weighted by Gasteiger charge is -2.25. The molecule has 0 aromatic heterocycles. The van der Waals surface area contributed by atoms with E-state index in [0.717, 1.165) is 0 Å². The number of allylic oxidation sites excluding steroid dienone is 1. The average Bonchev–Trinajstić information content (AvgIpc) is 3.01. The zero-order valence-electron chi connectivity index (χ0n) is 14.0. The zero-order chi connectivity index (χ0) is 16.1. The monoisotopic (exact) mass is 318 g/mol. The lowest BCUT2D eigenvalue weighted by Crippen LogP contribution is -2.19. The largest absolute Gasteiger partial charge is 0.490 e. The summed E-state index contributed by atoms with van der Waals surface area (Å²) in [6.07, 6.45) is 13.2. The Morgan fingerprint density at radius 1 is 1.04 bits per heavy atom. The molecule has 0 aliphatic heterocycles. The molecule has 3 heteroatoms. The normalized spacial score (nSPS) is 19.2. The van der Waals surface area contributed by atoms with Gasteiger partial charge < -0.3 is 9.47 Å². The SMILES string of the molecule is Cc1c(OC/C=C/C2CCCC2)ccc(OCC2CCC2)c1F. The van der Waals surface area contributed by atoms with Gasteiger partial charge in [0.05, 0.1) is 6.61 Å². The van der Waals surface area contributed by atoms with Gasteiger partial charge >= 0.3 is 0 Å². The summed E-state index contributed by atoms with van der Waals surface area (Å²) in [7, 11) is 0. The second-order valence-corrected chi connectivity index (χ2v) is 6.89. The molecule has 2 saturated carbocycles. The lowest BCUT2D eigenvalue weighted by atomic mass is 9.86. The molecule has 0 spiro atoms. The van der Waals surface area contributed by atoms with E-state index in [2.05, 4.69) is 12.2 Å². The summed E-state index contributed by atoms with van der Waals surface area (Å²) in [5.41, 5.74) is 0.533. The van der Waals surface area contributed by atoms with Crippen molar-refractivity contribution < 1.29 is 13.9 Å². The first-order valence-corrected chi connectivity index (χ1v) is 8.95. The zero-order valence-corrected chi connectivity index (χ0v) is 14.0. The number of ether oxygens (including phenoxy) is 2. The van der Waals surface area contributed by atoms with Crippen molar-refractivity contribution in [2.45, 2.75) is 51.9 Å². The van der Waals surface area contributed by atoms with Crippen molar-refractivity contribution in [3.05, 3.63) is 35.7 Å². The number of hydrogen-bond donors (Lipinski definition) is 0. The highest BCUT2D eigenvalue weighted by atomic mass is 19.1. The fraction of sp³-hybridized carbons (Fsp3) is 0.600. The first-order valence-electron chi connectivity index (χ1n) is 8.95. The minimum absolute atomic E-state index is 0.290. The van der Waals surface area contributed by atoms with Gasteiger partial charge in [0.1, 0.15) is 12.4 Å². The van der Waals surface area contributed by atoms with E-state index in [9.17, 15) is 4.39 Å². The summed E-state index contributed by atoms with van der Waals surface area (Å²) in [6, 6.07) is 3.51. The summed E-state index contributed by atoms with van der Waals surface area (Å²) in [5.74, 6) is 1.98. The minimum Gasteiger partial charge on any atom is -0.490 e. The molecular formula is C20H27FO2. The first-order chi connectivity index (χ1) is 11.2. The maximum Gasteiger partial charge on any atom is 0.171 e. The van der Waals surface area contributed by atoms with Crippen LogP contribution in [0.15, 0.2) is 24.3 Å². The summed E-state index contributed by atoms with van der Waals surface area (Å²) >= 11 is 0. The van der Waals surface area contributed by atoms with Gasteiger partial charge in [-0.25, -0.2) is 4.39 Å². The highest BCUT2D eigenvalue weighted by Crippen LogP contribution is 2.31. The minimum atomic E-state index is -0.290. The Morgan fingerprint density at radius 3 is 2.48 bits per heavy atom. The molecule has 126 valence electrons. The number of hydrogen-bond acceptors (Lipinski definition) is 2. The van der Waals surface area contributed by atoms with Gasteiger partial charge in [-0.3, -0.25) is 0 Å². The molecule has 2 fully saturated rings. The Balaban J connectivity index is 1.51. The third-order valence-electron chi connectivity index (χ3n) is 5.14. The summed E-state index contributed by atoms with van der Waals surface area (Å²) in [5, 5.41) is 0. The average molecular weight is 318 g/mol. The molecule has 0 N–H and O–H groups in total. The van der Waals surface area contributed by atoms with E-state index in [0.29, 0.717) is 42.1 Å². The molecule has 2 nitrogen and oxygen atoms in total. The van der Waals surface area contributed by atoms with Crippen LogP contribution in [-0.2, 0) is 0 Å².